The Labute approximate surface area is 91.9 Å². The maximum Gasteiger partial charge on any atom is 0.294 e. The van der Waals surface area contributed by atoms with Gasteiger partial charge in [0.1, 0.15) is 0 Å². The summed E-state index contributed by atoms with van der Waals surface area (Å²) in [5.74, 6) is -0.467. The maximum atomic E-state index is 11.5. The molecule has 2 rings (SSSR count). The highest BCUT2D eigenvalue weighted by Crippen LogP contribution is 2.28. The molecule has 0 radical (unpaired) electrons. The number of nitrogens with two attached hydrogens (primary N) is 1. The molecule has 0 aromatic heterocycles. The van der Waals surface area contributed by atoms with Crippen molar-refractivity contribution in [2.24, 2.45) is 0 Å². The number of fused-ring (bicyclic) bond motifs is 1. The molecule has 0 aliphatic heterocycles. The molecule has 3 N–H and O–H groups in total. The molecule has 5 nitrogen and oxygen atoms in total. The van der Waals surface area contributed by atoms with E-state index < -0.39 is 20.8 Å². The number of hydrogen-bond donors (Lipinski definition) is 2. The fraction of sp³-hybridized carbons (Fsp3) is 0. The maximum absolute atomic E-state index is 11.5. The van der Waals surface area contributed by atoms with E-state index in [0.29, 0.717) is 16.5 Å². The number of anilines is 1. The highest BCUT2D eigenvalue weighted by Gasteiger charge is 2.10. The van der Waals surface area contributed by atoms with Gasteiger partial charge in [0.2, 0.25) is 0 Å². The van der Waals surface area contributed by atoms with Crippen molar-refractivity contribution in [1.29, 1.82) is 0 Å². The summed E-state index contributed by atoms with van der Waals surface area (Å²) in [5, 5.41) is 12.3. The van der Waals surface area contributed by atoms with Crippen molar-refractivity contribution < 1.29 is 18.1 Å². The van der Waals surface area contributed by atoms with Crippen LogP contribution in [0.5, 0.6) is 5.75 Å². The van der Waals surface area contributed by atoms with Gasteiger partial charge in [0.05, 0.1) is 4.90 Å². The Morgan fingerprint density at radius 1 is 1.19 bits per heavy atom. The molecule has 6 heteroatoms. The average Bonchev–Trinajstić information content (AvgIpc) is 2.15. The fourth-order valence-corrected chi connectivity index (χ4v) is 2.01. The molecule has 0 saturated heterocycles. The van der Waals surface area contributed by atoms with E-state index in [1.54, 1.807) is 6.07 Å². The van der Waals surface area contributed by atoms with Crippen LogP contribution >= 0.6 is 0 Å². The first kappa shape index (κ1) is 10.7. The Hall–Kier alpha value is -1.79. The summed E-state index contributed by atoms with van der Waals surface area (Å²) in [4.78, 5) is -0.421. The van der Waals surface area contributed by atoms with Gasteiger partial charge in [0.15, 0.2) is 0 Å². The number of nitrogen functional groups attached to an aromatic ring is 1. The molecule has 2 aromatic carbocycles. The Kier molecular flexibility index (Phi) is 2.25. The highest BCUT2D eigenvalue weighted by atomic mass is 32.2. The van der Waals surface area contributed by atoms with Crippen LogP contribution in [-0.2, 0) is 10.1 Å². The zero-order valence-corrected chi connectivity index (χ0v) is 8.86. The van der Waals surface area contributed by atoms with E-state index in [1.807, 2.05) is 0 Å². The van der Waals surface area contributed by atoms with E-state index in [1.165, 1.54) is 18.2 Å². The number of rotatable bonds is 1. The van der Waals surface area contributed by atoms with Crippen molar-refractivity contribution in [2.45, 2.75) is 4.90 Å². The van der Waals surface area contributed by atoms with Gasteiger partial charge in [0.25, 0.3) is 10.1 Å². The zero-order valence-electron chi connectivity index (χ0n) is 8.04. The van der Waals surface area contributed by atoms with Gasteiger partial charge in [-0.2, -0.15) is 8.42 Å². The second-order valence-corrected chi connectivity index (χ2v) is 4.80. The zero-order chi connectivity index (χ0) is 11.9. The molecule has 0 bridgehead atoms. The fourth-order valence-electron chi connectivity index (χ4n) is 1.48. The van der Waals surface area contributed by atoms with E-state index in [9.17, 15) is 13.5 Å². The minimum atomic E-state index is -4.37. The lowest BCUT2D eigenvalue weighted by Crippen LogP contribution is -2.01. The third-order valence-corrected chi connectivity index (χ3v) is 3.04. The van der Waals surface area contributed by atoms with Gasteiger partial charge in [0, 0.05) is 5.69 Å². The SMILES string of the molecule is Nc1ccc2c([O-])cc(S(=O)(=O)O)cc2c1. The van der Waals surface area contributed by atoms with Gasteiger partial charge < -0.3 is 10.8 Å². The molecule has 84 valence electrons. The average molecular weight is 238 g/mol. The van der Waals surface area contributed by atoms with E-state index >= 15 is 0 Å². The molecule has 0 heterocycles. The monoisotopic (exact) mass is 238 g/mol. The van der Waals surface area contributed by atoms with E-state index in [2.05, 4.69) is 0 Å². The van der Waals surface area contributed by atoms with Crippen molar-refractivity contribution in [3.8, 4) is 5.75 Å². The summed E-state index contributed by atoms with van der Waals surface area (Å²) < 4.78 is 30.6. The summed E-state index contributed by atoms with van der Waals surface area (Å²) >= 11 is 0. The van der Waals surface area contributed by atoms with Crippen LogP contribution in [0.3, 0.4) is 0 Å². The molecular weight excluding hydrogens is 230 g/mol. The summed E-state index contributed by atoms with van der Waals surface area (Å²) in [6.45, 7) is 0. The number of hydrogen-bond acceptors (Lipinski definition) is 4. The van der Waals surface area contributed by atoms with Gasteiger partial charge in [-0.3, -0.25) is 4.55 Å². The topological polar surface area (TPSA) is 103 Å². The molecule has 0 amide bonds. The summed E-state index contributed by atoms with van der Waals surface area (Å²) in [6.07, 6.45) is 0. The van der Waals surface area contributed by atoms with E-state index in [4.69, 9.17) is 10.3 Å². The van der Waals surface area contributed by atoms with Crippen LogP contribution in [0.15, 0.2) is 35.2 Å². The van der Waals surface area contributed by atoms with Crippen LogP contribution in [0.4, 0.5) is 5.69 Å². The number of benzene rings is 2. The lowest BCUT2D eigenvalue weighted by atomic mass is 10.1. The Balaban J connectivity index is 2.85. The van der Waals surface area contributed by atoms with Crippen molar-refractivity contribution in [3.63, 3.8) is 0 Å². The molecule has 0 unspecified atom stereocenters. The predicted octanol–water partition coefficient (Wildman–Crippen LogP) is 0.742. The molecule has 0 spiro atoms. The van der Waals surface area contributed by atoms with Crippen molar-refractivity contribution in [1.82, 2.24) is 0 Å². The van der Waals surface area contributed by atoms with Gasteiger partial charge in [-0.1, -0.05) is 11.8 Å². The molecular formula is C10H8NO4S-. The van der Waals surface area contributed by atoms with Gasteiger partial charge in [-0.05, 0) is 35.0 Å². The van der Waals surface area contributed by atoms with E-state index in [-0.39, 0.29) is 0 Å². The van der Waals surface area contributed by atoms with Gasteiger partial charge in [-0.25, -0.2) is 0 Å². The molecule has 0 fully saturated rings. The molecule has 0 aliphatic carbocycles. The smallest absolute Gasteiger partial charge is 0.294 e. The predicted molar refractivity (Wildman–Crippen MR) is 57.6 cm³/mol. The van der Waals surface area contributed by atoms with Crippen molar-refractivity contribution >= 4 is 26.6 Å². The first-order valence-electron chi connectivity index (χ1n) is 4.36. The normalized spacial score (nSPS) is 11.8. The summed E-state index contributed by atoms with van der Waals surface area (Å²) in [6, 6.07) is 6.64. The quantitative estimate of drug-likeness (QED) is 0.563. The van der Waals surface area contributed by atoms with Gasteiger partial charge >= 0.3 is 0 Å². The van der Waals surface area contributed by atoms with Crippen molar-refractivity contribution in [3.05, 3.63) is 30.3 Å². The van der Waals surface area contributed by atoms with Crippen LogP contribution in [0.25, 0.3) is 10.8 Å². The second-order valence-electron chi connectivity index (χ2n) is 3.38. The first-order chi connectivity index (χ1) is 7.38. The van der Waals surface area contributed by atoms with E-state index in [0.717, 1.165) is 6.07 Å². The Morgan fingerprint density at radius 3 is 2.50 bits per heavy atom. The highest BCUT2D eigenvalue weighted by molar-refractivity contribution is 7.85. The van der Waals surface area contributed by atoms with Crippen LogP contribution < -0.4 is 10.8 Å². The summed E-state index contributed by atoms with van der Waals surface area (Å²) in [7, 11) is -4.37. The Morgan fingerprint density at radius 2 is 1.88 bits per heavy atom. The summed E-state index contributed by atoms with van der Waals surface area (Å²) in [5.41, 5.74) is 5.94. The van der Waals surface area contributed by atoms with Crippen LogP contribution in [-0.4, -0.2) is 13.0 Å². The minimum absolute atomic E-state index is 0.363. The minimum Gasteiger partial charge on any atom is -0.872 e. The molecule has 16 heavy (non-hydrogen) atoms. The van der Waals surface area contributed by atoms with Crippen LogP contribution in [0.1, 0.15) is 0 Å². The molecule has 0 aliphatic rings. The molecule has 2 aromatic rings. The van der Waals surface area contributed by atoms with Crippen LogP contribution in [0, 0.1) is 0 Å². The van der Waals surface area contributed by atoms with Gasteiger partial charge in [-0.15, -0.1) is 0 Å². The third-order valence-electron chi connectivity index (χ3n) is 2.21. The van der Waals surface area contributed by atoms with Crippen molar-refractivity contribution in [2.75, 3.05) is 5.73 Å². The Bertz CT molecular complexity index is 664. The largest absolute Gasteiger partial charge is 0.872 e. The molecule has 0 saturated carbocycles. The lowest BCUT2D eigenvalue weighted by molar-refractivity contribution is -0.266. The second kappa shape index (κ2) is 3.36. The third kappa shape index (κ3) is 1.80. The standard InChI is InChI=1S/C10H9NO4S/c11-7-1-2-9-6(3-7)4-8(5-10(9)12)16(13,14)15/h1-5,12H,11H2,(H,13,14,15)/p-1. The van der Waals surface area contributed by atoms with Crippen LogP contribution in [0.2, 0.25) is 0 Å². The first-order valence-corrected chi connectivity index (χ1v) is 5.80. The lowest BCUT2D eigenvalue weighted by Gasteiger charge is -2.12. The molecule has 0 atom stereocenters.